The van der Waals surface area contributed by atoms with E-state index in [4.69, 9.17) is 5.84 Å². The zero-order chi connectivity index (χ0) is 10.1. The maximum Gasteiger partial charge on any atom is 0.424 e. The van der Waals surface area contributed by atoms with Gasteiger partial charge in [-0.15, -0.1) is 0 Å². The van der Waals surface area contributed by atoms with Crippen LogP contribution in [0, 0.1) is 0 Å². The van der Waals surface area contributed by atoms with E-state index >= 15 is 0 Å². The number of hydrogen-bond acceptors (Lipinski definition) is 3. The number of rotatable bonds is 2. The van der Waals surface area contributed by atoms with Crippen molar-refractivity contribution in [1.82, 2.24) is 5.01 Å². The molecule has 0 aliphatic heterocycles. The van der Waals surface area contributed by atoms with Gasteiger partial charge < -0.3 is 4.74 Å². The van der Waals surface area contributed by atoms with Crippen molar-refractivity contribution in [3.05, 3.63) is 0 Å². The van der Waals surface area contributed by atoms with Gasteiger partial charge in [-0.2, -0.15) is 13.2 Å². The first-order valence-electron chi connectivity index (χ1n) is 3.67. The number of carbonyl (C=O) groups is 1. The smallest absolute Gasteiger partial charge is 0.424 e. The largest absolute Gasteiger partial charge is 0.439 e. The van der Waals surface area contributed by atoms with E-state index in [-0.39, 0.29) is 6.04 Å². The third kappa shape index (κ3) is 3.49. The summed E-state index contributed by atoms with van der Waals surface area (Å²) in [6.07, 6.45) is -4.19. The lowest BCUT2D eigenvalue weighted by Gasteiger charge is -2.15. The highest BCUT2D eigenvalue weighted by Crippen LogP contribution is 2.25. The van der Waals surface area contributed by atoms with Gasteiger partial charge in [-0.1, -0.05) is 0 Å². The molecule has 0 unspecified atom stereocenters. The fourth-order valence-electron chi connectivity index (χ4n) is 0.720. The van der Waals surface area contributed by atoms with Crippen LogP contribution in [0.3, 0.4) is 0 Å². The van der Waals surface area contributed by atoms with Crippen LogP contribution in [0.2, 0.25) is 0 Å². The topological polar surface area (TPSA) is 55.6 Å². The summed E-state index contributed by atoms with van der Waals surface area (Å²) in [6, 6.07) is -0.152. The van der Waals surface area contributed by atoms with Gasteiger partial charge in [-0.25, -0.2) is 15.6 Å². The molecule has 1 rings (SSSR count). The Morgan fingerprint density at radius 3 is 2.46 bits per heavy atom. The van der Waals surface area contributed by atoms with Crippen LogP contribution in [0.1, 0.15) is 12.8 Å². The Balaban J connectivity index is 2.24. The summed E-state index contributed by atoms with van der Waals surface area (Å²) in [5.41, 5.74) is 0. The summed E-state index contributed by atoms with van der Waals surface area (Å²) in [5.74, 6) is 5.14. The minimum absolute atomic E-state index is 0.152. The van der Waals surface area contributed by atoms with Crippen LogP contribution in [0.25, 0.3) is 0 Å². The van der Waals surface area contributed by atoms with Crippen LogP contribution in [-0.4, -0.2) is 29.9 Å². The van der Waals surface area contributed by atoms with Gasteiger partial charge in [-0.05, 0) is 12.8 Å². The molecule has 13 heavy (non-hydrogen) atoms. The monoisotopic (exact) mass is 198 g/mol. The SMILES string of the molecule is NN(C(=O)OCC(F)(F)F)C1CC1. The van der Waals surface area contributed by atoms with Gasteiger partial charge in [0.25, 0.3) is 0 Å². The molecule has 1 aliphatic carbocycles. The van der Waals surface area contributed by atoms with Crippen molar-refractivity contribution in [1.29, 1.82) is 0 Å². The normalized spacial score (nSPS) is 16.9. The Bertz CT molecular complexity index is 203. The van der Waals surface area contributed by atoms with Crippen LogP contribution in [-0.2, 0) is 4.74 Å². The third-order valence-electron chi connectivity index (χ3n) is 1.51. The van der Waals surface area contributed by atoms with Gasteiger partial charge in [0, 0.05) is 0 Å². The van der Waals surface area contributed by atoms with Gasteiger partial charge in [0.05, 0.1) is 6.04 Å². The summed E-state index contributed by atoms with van der Waals surface area (Å²) < 4.78 is 38.6. The highest BCUT2D eigenvalue weighted by atomic mass is 19.4. The summed E-state index contributed by atoms with van der Waals surface area (Å²) in [7, 11) is 0. The number of nitrogens with two attached hydrogens (primary N) is 1. The van der Waals surface area contributed by atoms with Gasteiger partial charge in [0.2, 0.25) is 0 Å². The molecule has 0 aromatic rings. The second kappa shape index (κ2) is 3.41. The van der Waals surface area contributed by atoms with E-state index in [1.165, 1.54) is 0 Å². The molecule has 0 aromatic heterocycles. The second-order valence-corrected chi connectivity index (χ2v) is 2.81. The molecule has 0 heterocycles. The molecule has 1 saturated carbocycles. The van der Waals surface area contributed by atoms with Crippen LogP contribution in [0.5, 0.6) is 0 Å². The van der Waals surface area contributed by atoms with Crippen molar-refractivity contribution in [2.45, 2.75) is 25.1 Å². The maximum absolute atomic E-state index is 11.6. The average molecular weight is 198 g/mol. The van der Waals surface area contributed by atoms with Crippen LogP contribution in [0.15, 0.2) is 0 Å². The lowest BCUT2D eigenvalue weighted by atomic mass is 10.6. The quantitative estimate of drug-likeness (QED) is 0.409. The fraction of sp³-hybridized carbons (Fsp3) is 0.833. The molecule has 0 atom stereocenters. The van der Waals surface area contributed by atoms with E-state index in [1.54, 1.807) is 0 Å². The standard InChI is InChI=1S/C6H9F3N2O2/c7-6(8,9)3-13-5(12)11(10)4-1-2-4/h4H,1-3,10H2. The van der Waals surface area contributed by atoms with Crippen LogP contribution < -0.4 is 5.84 Å². The summed E-state index contributed by atoms with van der Waals surface area (Å²) in [4.78, 5) is 10.7. The summed E-state index contributed by atoms with van der Waals surface area (Å²) >= 11 is 0. The Morgan fingerprint density at radius 1 is 1.54 bits per heavy atom. The fourth-order valence-corrected chi connectivity index (χ4v) is 0.720. The molecule has 0 spiro atoms. The van der Waals surface area contributed by atoms with Gasteiger partial charge in [0.1, 0.15) is 0 Å². The third-order valence-corrected chi connectivity index (χ3v) is 1.51. The van der Waals surface area contributed by atoms with Crippen molar-refractivity contribution in [3.63, 3.8) is 0 Å². The summed E-state index contributed by atoms with van der Waals surface area (Å²) in [6.45, 7) is -1.59. The first kappa shape index (κ1) is 10.1. The average Bonchev–Trinajstić information content (AvgIpc) is 2.79. The molecule has 0 bridgehead atoms. The number of carbonyl (C=O) groups excluding carboxylic acids is 1. The van der Waals surface area contributed by atoms with Gasteiger partial charge in [-0.3, -0.25) is 0 Å². The Labute approximate surface area is 72.4 Å². The van der Waals surface area contributed by atoms with Crippen LogP contribution in [0.4, 0.5) is 18.0 Å². The van der Waals surface area contributed by atoms with Crippen molar-refractivity contribution in [2.75, 3.05) is 6.61 Å². The lowest BCUT2D eigenvalue weighted by molar-refractivity contribution is -0.162. The molecule has 7 heteroatoms. The van der Waals surface area contributed by atoms with E-state index in [9.17, 15) is 18.0 Å². The molecular weight excluding hydrogens is 189 g/mol. The highest BCUT2D eigenvalue weighted by molar-refractivity contribution is 5.67. The molecule has 76 valence electrons. The van der Waals surface area contributed by atoms with Crippen LogP contribution >= 0.6 is 0 Å². The Morgan fingerprint density at radius 2 is 2.08 bits per heavy atom. The zero-order valence-corrected chi connectivity index (χ0v) is 6.67. The molecule has 1 aliphatic rings. The number of hydrazine groups is 1. The Hall–Kier alpha value is -0.980. The van der Waals surface area contributed by atoms with E-state index < -0.39 is 18.9 Å². The molecule has 1 fully saturated rings. The van der Waals surface area contributed by atoms with Crippen molar-refractivity contribution < 1.29 is 22.7 Å². The van der Waals surface area contributed by atoms with Gasteiger partial charge in [0.15, 0.2) is 6.61 Å². The number of halogens is 3. The van der Waals surface area contributed by atoms with Crippen molar-refractivity contribution in [3.8, 4) is 0 Å². The first-order chi connectivity index (χ1) is 5.90. The highest BCUT2D eigenvalue weighted by Gasteiger charge is 2.34. The molecule has 1 amide bonds. The number of amides is 1. The van der Waals surface area contributed by atoms with Crippen molar-refractivity contribution >= 4 is 6.09 Å². The maximum atomic E-state index is 11.6. The number of alkyl halides is 3. The van der Waals surface area contributed by atoms with E-state index in [2.05, 4.69) is 4.74 Å². The Kier molecular flexibility index (Phi) is 2.65. The molecule has 0 aromatic carbocycles. The molecule has 0 saturated heterocycles. The van der Waals surface area contributed by atoms with Gasteiger partial charge >= 0.3 is 12.3 Å². The molecule has 4 nitrogen and oxygen atoms in total. The first-order valence-corrected chi connectivity index (χ1v) is 3.67. The van der Waals surface area contributed by atoms with Crippen molar-refractivity contribution in [2.24, 2.45) is 5.84 Å². The van der Waals surface area contributed by atoms with E-state index in [1.807, 2.05) is 0 Å². The number of ether oxygens (including phenoxy) is 1. The number of nitrogens with zero attached hydrogens (tertiary/aromatic N) is 1. The molecule has 0 radical (unpaired) electrons. The molecule has 2 N–H and O–H groups in total. The zero-order valence-electron chi connectivity index (χ0n) is 6.67. The van der Waals surface area contributed by atoms with E-state index in [0.717, 1.165) is 12.8 Å². The molecular formula is C6H9F3N2O2. The van der Waals surface area contributed by atoms with E-state index in [0.29, 0.717) is 5.01 Å². The predicted molar refractivity (Wildman–Crippen MR) is 36.5 cm³/mol. The minimum Gasteiger partial charge on any atom is -0.439 e. The minimum atomic E-state index is -4.50. The predicted octanol–water partition coefficient (Wildman–Crippen LogP) is 1.02. The second-order valence-electron chi connectivity index (χ2n) is 2.81. The number of hydrogen-bond donors (Lipinski definition) is 1. The summed E-state index contributed by atoms with van der Waals surface area (Å²) in [5, 5.41) is 0.700. The lowest BCUT2D eigenvalue weighted by Crippen LogP contribution is -2.40.